The van der Waals surface area contributed by atoms with Gasteiger partial charge in [0.05, 0.1) is 11.1 Å². The normalized spacial score (nSPS) is 13.4. The van der Waals surface area contributed by atoms with E-state index in [1.54, 1.807) is 13.8 Å². The molecule has 0 aliphatic rings. The van der Waals surface area contributed by atoms with Crippen LogP contribution in [0.3, 0.4) is 0 Å². The molecule has 9 heavy (non-hydrogen) atoms. The average molecular weight is 129 g/mol. The van der Waals surface area contributed by atoms with E-state index in [0.717, 1.165) is 0 Å². The van der Waals surface area contributed by atoms with E-state index < -0.39 is 11.1 Å². The zero-order valence-corrected chi connectivity index (χ0v) is 6.60. The summed E-state index contributed by atoms with van der Waals surface area (Å²) in [4.78, 5) is 3.79. The van der Waals surface area contributed by atoms with Crippen molar-refractivity contribution < 1.29 is 5.11 Å². The molecule has 2 heteroatoms. The van der Waals surface area contributed by atoms with Gasteiger partial charge in [0.15, 0.2) is 0 Å². The Balaban J connectivity index is 4.32. The summed E-state index contributed by atoms with van der Waals surface area (Å²) < 4.78 is 0. The van der Waals surface area contributed by atoms with Crippen LogP contribution in [0.2, 0.25) is 0 Å². The highest BCUT2D eigenvalue weighted by Gasteiger charge is 2.33. The van der Waals surface area contributed by atoms with E-state index in [4.69, 9.17) is 0 Å². The number of nitrogens with zero attached hydrogens (tertiary/aromatic N) is 1. The molecule has 0 radical (unpaired) electrons. The molecule has 0 rings (SSSR count). The summed E-state index contributed by atoms with van der Waals surface area (Å²) in [6.45, 7) is 10.5. The summed E-state index contributed by atoms with van der Waals surface area (Å²) in [5, 5.41) is 9.41. The molecule has 0 fully saturated rings. The van der Waals surface area contributed by atoms with Gasteiger partial charge in [-0.2, -0.15) is 0 Å². The van der Waals surface area contributed by atoms with Gasteiger partial charge >= 0.3 is 0 Å². The molecule has 0 heterocycles. The molecule has 0 aliphatic carbocycles. The Morgan fingerprint density at radius 1 is 1.22 bits per heavy atom. The van der Waals surface area contributed by atoms with Gasteiger partial charge in [0.2, 0.25) is 0 Å². The van der Waals surface area contributed by atoms with Crippen LogP contribution in [0, 0.1) is 0 Å². The van der Waals surface area contributed by atoms with Crippen molar-refractivity contribution in [3.05, 3.63) is 0 Å². The predicted molar refractivity (Wildman–Crippen MR) is 39.9 cm³/mol. The molecule has 2 nitrogen and oxygen atoms in total. The lowest BCUT2D eigenvalue weighted by atomic mass is 9.87. The van der Waals surface area contributed by atoms with Crippen LogP contribution in [0.25, 0.3) is 0 Å². The summed E-state index contributed by atoms with van der Waals surface area (Å²) in [7, 11) is 0. The van der Waals surface area contributed by atoms with Crippen molar-refractivity contribution in [2.45, 2.75) is 38.8 Å². The van der Waals surface area contributed by atoms with Crippen LogP contribution in [-0.2, 0) is 0 Å². The van der Waals surface area contributed by atoms with E-state index in [2.05, 4.69) is 11.7 Å². The average Bonchev–Trinajstić information content (AvgIpc) is 1.64. The molecule has 0 unspecified atom stereocenters. The van der Waals surface area contributed by atoms with Crippen LogP contribution in [0.5, 0.6) is 0 Å². The van der Waals surface area contributed by atoms with Gasteiger partial charge in [0.25, 0.3) is 0 Å². The lowest BCUT2D eigenvalue weighted by molar-refractivity contribution is 0.0161. The standard InChI is InChI=1S/C7H15NO/c1-6(2,8-5)7(3,4)9/h9H,5H2,1-4H3. The molecule has 54 valence electrons. The number of aliphatic imine (C=N–C) groups is 1. The Kier molecular flexibility index (Phi) is 2.02. The van der Waals surface area contributed by atoms with Crippen LogP contribution >= 0.6 is 0 Å². The van der Waals surface area contributed by atoms with E-state index >= 15 is 0 Å². The molecule has 0 spiro atoms. The number of hydrogen-bond donors (Lipinski definition) is 1. The second-order valence-corrected chi connectivity index (χ2v) is 3.28. The molecular formula is C7H15NO. The topological polar surface area (TPSA) is 32.6 Å². The van der Waals surface area contributed by atoms with Gasteiger partial charge in [-0.1, -0.05) is 0 Å². The number of hydrogen-bond acceptors (Lipinski definition) is 2. The maximum absolute atomic E-state index is 9.41. The molecule has 1 N–H and O–H groups in total. The Bertz CT molecular complexity index is 111. The van der Waals surface area contributed by atoms with Gasteiger partial charge < -0.3 is 5.11 Å². The van der Waals surface area contributed by atoms with E-state index in [9.17, 15) is 5.11 Å². The fraction of sp³-hybridized carbons (Fsp3) is 0.857. The van der Waals surface area contributed by atoms with E-state index in [1.807, 2.05) is 13.8 Å². The molecule has 0 bridgehead atoms. The van der Waals surface area contributed by atoms with Gasteiger partial charge in [0, 0.05) is 0 Å². The quantitative estimate of drug-likeness (QED) is 0.559. The second kappa shape index (κ2) is 2.10. The fourth-order valence-electron chi connectivity index (χ4n) is 0.193. The third-order valence-electron chi connectivity index (χ3n) is 1.89. The van der Waals surface area contributed by atoms with Gasteiger partial charge in [-0.15, -0.1) is 0 Å². The maximum atomic E-state index is 9.41. The smallest absolute Gasteiger partial charge is 0.0836 e. The highest BCUT2D eigenvalue weighted by atomic mass is 16.3. The molecule has 0 saturated heterocycles. The maximum Gasteiger partial charge on any atom is 0.0836 e. The first-order valence-corrected chi connectivity index (χ1v) is 3.01. The monoisotopic (exact) mass is 129 g/mol. The molecular weight excluding hydrogens is 114 g/mol. The second-order valence-electron chi connectivity index (χ2n) is 3.28. The minimum Gasteiger partial charge on any atom is -0.388 e. The van der Waals surface area contributed by atoms with Gasteiger partial charge in [-0.3, -0.25) is 4.99 Å². The lowest BCUT2D eigenvalue weighted by Crippen LogP contribution is -2.43. The fourth-order valence-corrected chi connectivity index (χ4v) is 0.193. The summed E-state index contributed by atoms with van der Waals surface area (Å²) in [5.74, 6) is 0. The van der Waals surface area contributed by atoms with Crippen molar-refractivity contribution in [1.29, 1.82) is 0 Å². The minimum absolute atomic E-state index is 0.451. The van der Waals surface area contributed by atoms with Crippen molar-refractivity contribution in [3.63, 3.8) is 0 Å². The van der Waals surface area contributed by atoms with E-state index in [1.165, 1.54) is 0 Å². The number of rotatable bonds is 2. The minimum atomic E-state index is -0.783. The van der Waals surface area contributed by atoms with Crippen molar-refractivity contribution in [3.8, 4) is 0 Å². The van der Waals surface area contributed by atoms with Crippen molar-refractivity contribution >= 4 is 6.72 Å². The summed E-state index contributed by atoms with van der Waals surface area (Å²) in [5.41, 5.74) is -1.23. The van der Waals surface area contributed by atoms with Crippen LogP contribution in [0.15, 0.2) is 4.99 Å². The SMILES string of the molecule is C=NC(C)(C)C(C)(C)O. The Morgan fingerprint density at radius 3 is 1.56 bits per heavy atom. The molecule has 0 atom stereocenters. The first kappa shape index (κ1) is 8.63. The lowest BCUT2D eigenvalue weighted by Gasteiger charge is -2.32. The van der Waals surface area contributed by atoms with Crippen LogP contribution < -0.4 is 0 Å². The zero-order chi connectivity index (χ0) is 7.71. The van der Waals surface area contributed by atoms with Crippen molar-refractivity contribution in [1.82, 2.24) is 0 Å². The molecule has 0 aliphatic heterocycles. The summed E-state index contributed by atoms with van der Waals surface area (Å²) in [6, 6.07) is 0. The molecule has 0 saturated carbocycles. The van der Waals surface area contributed by atoms with Gasteiger partial charge in [0.1, 0.15) is 0 Å². The summed E-state index contributed by atoms with van der Waals surface area (Å²) >= 11 is 0. The highest BCUT2D eigenvalue weighted by Crippen LogP contribution is 2.23. The first-order valence-electron chi connectivity index (χ1n) is 3.01. The van der Waals surface area contributed by atoms with Crippen molar-refractivity contribution in [2.24, 2.45) is 4.99 Å². The molecule has 0 aromatic heterocycles. The molecule has 0 amide bonds. The summed E-state index contributed by atoms with van der Waals surface area (Å²) in [6.07, 6.45) is 0. The molecule has 0 aromatic carbocycles. The van der Waals surface area contributed by atoms with Gasteiger partial charge in [-0.05, 0) is 34.4 Å². The van der Waals surface area contributed by atoms with Crippen molar-refractivity contribution in [2.75, 3.05) is 0 Å². The van der Waals surface area contributed by atoms with Crippen LogP contribution in [0.4, 0.5) is 0 Å². The third kappa shape index (κ3) is 1.79. The Morgan fingerprint density at radius 2 is 1.56 bits per heavy atom. The number of aliphatic hydroxyl groups is 1. The zero-order valence-electron chi connectivity index (χ0n) is 6.60. The Hall–Kier alpha value is -0.370. The Labute approximate surface area is 56.6 Å². The largest absolute Gasteiger partial charge is 0.388 e. The van der Waals surface area contributed by atoms with E-state index in [-0.39, 0.29) is 0 Å². The molecule has 0 aromatic rings. The van der Waals surface area contributed by atoms with E-state index in [0.29, 0.717) is 0 Å². The third-order valence-corrected chi connectivity index (χ3v) is 1.89. The van der Waals surface area contributed by atoms with Crippen LogP contribution in [-0.4, -0.2) is 23.0 Å². The predicted octanol–water partition coefficient (Wildman–Crippen LogP) is 1.24. The first-order chi connectivity index (χ1) is 3.81. The highest BCUT2D eigenvalue weighted by molar-refractivity contribution is 5.26. The van der Waals surface area contributed by atoms with Crippen LogP contribution in [0.1, 0.15) is 27.7 Å². The van der Waals surface area contributed by atoms with Gasteiger partial charge in [-0.25, -0.2) is 0 Å².